The Bertz CT molecular complexity index is 958. The van der Waals surface area contributed by atoms with Crippen molar-refractivity contribution in [3.8, 4) is 17.3 Å². The minimum Gasteiger partial charge on any atom is -0.506 e. The van der Waals surface area contributed by atoms with Crippen molar-refractivity contribution in [1.82, 2.24) is 25.1 Å². The zero-order valence-electron chi connectivity index (χ0n) is 11.7. The van der Waals surface area contributed by atoms with Gasteiger partial charge >= 0.3 is 0 Å². The molecule has 0 aliphatic heterocycles. The van der Waals surface area contributed by atoms with E-state index in [0.29, 0.717) is 26.3 Å². The molecule has 2 aromatic heterocycles. The molecule has 7 nitrogen and oxygen atoms in total. The fourth-order valence-electron chi connectivity index (χ4n) is 1.90. The number of hydrogen-bond acceptors (Lipinski definition) is 5. The van der Waals surface area contributed by atoms with Crippen molar-refractivity contribution in [3.05, 3.63) is 43.2 Å². The molecule has 0 atom stereocenters. The molecule has 0 unspecified atom stereocenters. The van der Waals surface area contributed by atoms with Gasteiger partial charge in [-0.05, 0) is 53.3 Å². The Labute approximate surface area is 152 Å². The molecule has 0 fully saturated rings. The lowest BCUT2D eigenvalue weighted by atomic mass is 10.2. The molecule has 0 aliphatic rings. The van der Waals surface area contributed by atoms with E-state index >= 15 is 0 Å². The summed E-state index contributed by atoms with van der Waals surface area (Å²) in [5, 5.41) is 28.2. The van der Waals surface area contributed by atoms with Crippen LogP contribution in [0.25, 0.3) is 11.5 Å². The molecule has 3 aromatic rings. The highest BCUT2D eigenvalue weighted by Gasteiger charge is 2.12. The predicted molar refractivity (Wildman–Crippen MR) is 96.2 cm³/mol. The summed E-state index contributed by atoms with van der Waals surface area (Å²) in [6.45, 7) is 1.89. The standard InChI is InChI=1S/C13H10Br2N6OS/c1-6-2-10(18-17-6)12-19-20-13(23)21(12)16-5-7-3-8(14)4-9(15)11(7)22/h2-5,22H,1H3,(H,17,18)(H,20,23). The minimum absolute atomic E-state index is 0.0872. The van der Waals surface area contributed by atoms with Crippen LogP contribution in [-0.4, -0.2) is 36.4 Å². The average molecular weight is 458 g/mol. The van der Waals surface area contributed by atoms with E-state index in [2.05, 4.69) is 57.4 Å². The van der Waals surface area contributed by atoms with Gasteiger partial charge in [-0.2, -0.15) is 20.0 Å². The molecular weight excluding hydrogens is 448 g/mol. The number of aromatic hydroxyl groups is 1. The van der Waals surface area contributed by atoms with Crippen LogP contribution in [0.3, 0.4) is 0 Å². The van der Waals surface area contributed by atoms with Crippen LogP contribution in [0.15, 0.2) is 32.2 Å². The number of hydrogen-bond donors (Lipinski definition) is 3. The lowest BCUT2D eigenvalue weighted by Crippen LogP contribution is -1.96. The van der Waals surface area contributed by atoms with Crippen molar-refractivity contribution >= 4 is 50.3 Å². The van der Waals surface area contributed by atoms with Crippen LogP contribution in [0, 0.1) is 11.7 Å². The maximum absolute atomic E-state index is 10.1. The molecule has 10 heteroatoms. The number of benzene rings is 1. The summed E-state index contributed by atoms with van der Waals surface area (Å²) in [7, 11) is 0. The topological polar surface area (TPSA) is 94.9 Å². The van der Waals surface area contributed by atoms with E-state index in [0.717, 1.165) is 10.2 Å². The van der Waals surface area contributed by atoms with Gasteiger partial charge in [-0.3, -0.25) is 5.10 Å². The number of rotatable bonds is 3. The summed E-state index contributed by atoms with van der Waals surface area (Å²) in [6.07, 6.45) is 1.50. The molecule has 0 spiro atoms. The highest BCUT2D eigenvalue weighted by atomic mass is 79.9. The molecule has 23 heavy (non-hydrogen) atoms. The number of nitrogens with one attached hydrogen (secondary N) is 2. The number of aryl methyl sites for hydroxylation is 1. The largest absolute Gasteiger partial charge is 0.506 e. The van der Waals surface area contributed by atoms with Crippen LogP contribution < -0.4 is 0 Å². The van der Waals surface area contributed by atoms with E-state index < -0.39 is 0 Å². The van der Waals surface area contributed by atoms with Gasteiger partial charge in [0.2, 0.25) is 10.6 Å². The zero-order valence-corrected chi connectivity index (χ0v) is 15.7. The number of nitrogens with zero attached hydrogens (tertiary/aromatic N) is 4. The smallest absolute Gasteiger partial charge is 0.216 e. The number of aromatic nitrogens is 5. The molecule has 2 heterocycles. The molecule has 3 rings (SSSR count). The fraction of sp³-hybridized carbons (Fsp3) is 0.0769. The van der Waals surface area contributed by atoms with E-state index in [1.54, 1.807) is 12.1 Å². The van der Waals surface area contributed by atoms with E-state index in [4.69, 9.17) is 12.2 Å². The molecule has 0 aliphatic carbocycles. The molecule has 0 saturated heterocycles. The van der Waals surface area contributed by atoms with Gasteiger partial charge in [-0.25, -0.2) is 5.10 Å². The van der Waals surface area contributed by atoms with E-state index in [1.165, 1.54) is 10.9 Å². The molecular formula is C13H10Br2N6OS. The molecule has 0 saturated carbocycles. The van der Waals surface area contributed by atoms with Gasteiger partial charge in [0.15, 0.2) is 0 Å². The van der Waals surface area contributed by atoms with Gasteiger partial charge in [0.25, 0.3) is 0 Å². The first-order valence-corrected chi connectivity index (χ1v) is 8.37. The van der Waals surface area contributed by atoms with Crippen LogP contribution in [0.5, 0.6) is 5.75 Å². The number of phenols is 1. The Morgan fingerprint density at radius 2 is 2.04 bits per heavy atom. The predicted octanol–water partition coefficient (Wildman–Crippen LogP) is 3.75. The van der Waals surface area contributed by atoms with Gasteiger partial charge in [-0.15, -0.1) is 0 Å². The van der Waals surface area contributed by atoms with Crippen molar-refractivity contribution in [2.45, 2.75) is 6.92 Å². The Morgan fingerprint density at radius 3 is 2.74 bits per heavy atom. The van der Waals surface area contributed by atoms with Gasteiger partial charge in [0.1, 0.15) is 11.4 Å². The lowest BCUT2D eigenvalue weighted by molar-refractivity contribution is 0.471. The molecule has 0 amide bonds. The lowest BCUT2D eigenvalue weighted by Gasteiger charge is -2.03. The summed E-state index contributed by atoms with van der Waals surface area (Å²) in [4.78, 5) is 0. The third-order valence-corrected chi connectivity index (χ3v) is 4.28. The Morgan fingerprint density at radius 1 is 1.26 bits per heavy atom. The monoisotopic (exact) mass is 456 g/mol. The summed E-state index contributed by atoms with van der Waals surface area (Å²) >= 11 is 11.8. The first-order chi connectivity index (χ1) is 11.0. The van der Waals surface area contributed by atoms with Gasteiger partial charge in [-0.1, -0.05) is 15.9 Å². The second kappa shape index (κ2) is 6.38. The van der Waals surface area contributed by atoms with Crippen LogP contribution >= 0.6 is 44.1 Å². The number of phenolic OH excluding ortho intramolecular Hbond substituents is 1. The Kier molecular flexibility index (Phi) is 4.46. The summed E-state index contributed by atoms with van der Waals surface area (Å²) < 4.78 is 3.14. The number of halogens is 2. The van der Waals surface area contributed by atoms with Gasteiger partial charge in [0, 0.05) is 15.7 Å². The normalized spacial score (nSPS) is 11.4. The van der Waals surface area contributed by atoms with Gasteiger partial charge < -0.3 is 5.11 Å². The van der Waals surface area contributed by atoms with Crippen molar-refractivity contribution in [3.63, 3.8) is 0 Å². The van der Waals surface area contributed by atoms with Crippen LogP contribution in [0.2, 0.25) is 0 Å². The molecule has 3 N–H and O–H groups in total. The van der Waals surface area contributed by atoms with Crippen molar-refractivity contribution in [1.29, 1.82) is 0 Å². The number of aromatic amines is 2. The zero-order chi connectivity index (χ0) is 16.6. The maximum Gasteiger partial charge on any atom is 0.216 e. The summed E-state index contributed by atoms with van der Waals surface area (Å²) in [5.74, 6) is 0.563. The SMILES string of the molecule is Cc1cc(-c2n[nH]c(=S)n2N=Cc2cc(Br)cc(Br)c2O)n[nH]1. The summed E-state index contributed by atoms with van der Waals surface area (Å²) in [6, 6.07) is 5.32. The maximum atomic E-state index is 10.1. The Hall–Kier alpha value is -1.78. The molecule has 1 aromatic carbocycles. The van der Waals surface area contributed by atoms with E-state index in [9.17, 15) is 5.11 Å². The first kappa shape index (κ1) is 16.1. The third-order valence-electron chi connectivity index (χ3n) is 2.96. The fourth-order valence-corrected chi connectivity index (χ4v) is 3.34. The first-order valence-electron chi connectivity index (χ1n) is 6.38. The van der Waals surface area contributed by atoms with Gasteiger partial charge in [0.05, 0.1) is 10.7 Å². The quantitative estimate of drug-likeness (QED) is 0.412. The van der Waals surface area contributed by atoms with E-state index in [-0.39, 0.29) is 5.75 Å². The molecule has 118 valence electrons. The molecule has 0 bridgehead atoms. The average Bonchev–Trinajstić information content (AvgIpc) is 3.07. The number of H-pyrrole nitrogens is 2. The second-order valence-corrected chi connectivity index (χ2v) is 6.83. The van der Waals surface area contributed by atoms with Crippen LogP contribution in [0.1, 0.15) is 11.3 Å². The van der Waals surface area contributed by atoms with Crippen molar-refractivity contribution in [2.24, 2.45) is 5.10 Å². The summed E-state index contributed by atoms with van der Waals surface area (Å²) in [5.41, 5.74) is 2.04. The highest BCUT2D eigenvalue weighted by molar-refractivity contribution is 9.11. The highest BCUT2D eigenvalue weighted by Crippen LogP contribution is 2.30. The van der Waals surface area contributed by atoms with E-state index in [1.807, 2.05) is 13.0 Å². The molecule has 0 radical (unpaired) electrons. The Balaban J connectivity index is 2.04. The minimum atomic E-state index is 0.0872. The third kappa shape index (κ3) is 3.28. The second-order valence-electron chi connectivity index (χ2n) is 4.67. The van der Waals surface area contributed by atoms with Crippen molar-refractivity contribution in [2.75, 3.05) is 0 Å². The van der Waals surface area contributed by atoms with Crippen molar-refractivity contribution < 1.29 is 5.11 Å². The van der Waals surface area contributed by atoms with Crippen LogP contribution in [-0.2, 0) is 0 Å². The van der Waals surface area contributed by atoms with Crippen LogP contribution in [0.4, 0.5) is 0 Å².